The van der Waals surface area contributed by atoms with E-state index in [1.165, 1.54) is 49.2 Å². The molecule has 0 bridgehead atoms. The summed E-state index contributed by atoms with van der Waals surface area (Å²) in [6, 6.07) is 5.60. The van der Waals surface area contributed by atoms with Gasteiger partial charge in [-0.2, -0.15) is 0 Å². The molecule has 30 heavy (non-hydrogen) atoms. The van der Waals surface area contributed by atoms with Gasteiger partial charge in [0.1, 0.15) is 12.0 Å². The first kappa shape index (κ1) is 24.9. The lowest BCUT2D eigenvalue weighted by atomic mass is 10.1. The van der Waals surface area contributed by atoms with Crippen molar-refractivity contribution in [2.75, 3.05) is 13.4 Å². The summed E-state index contributed by atoms with van der Waals surface area (Å²) in [6.45, 7) is 3.40. The van der Waals surface area contributed by atoms with Gasteiger partial charge in [0.05, 0.1) is 4.92 Å². The number of nitrogens with one attached hydrogen (secondary N) is 2. The third-order valence-corrected chi connectivity index (χ3v) is 4.66. The number of nitro groups is 1. The molecule has 0 unspecified atom stereocenters. The Kier molecular flexibility index (Phi) is 9.27. The zero-order chi connectivity index (χ0) is 22.9. The van der Waals surface area contributed by atoms with E-state index in [0.717, 1.165) is 5.57 Å². The SMILES string of the molecule is CC(C)=CC(=O)O.CO[C@@]1(NC(=O)OCc2ccc([N+](=O)[O-])cc2)C(=O)N[C@H]1SC. The van der Waals surface area contributed by atoms with Crippen molar-refractivity contribution in [1.82, 2.24) is 10.6 Å². The Bertz CT molecular complexity index is 823. The number of nitrogens with zero attached hydrogens (tertiary/aromatic N) is 1. The second-order valence-corrected chi connectivity index (χ2v) is 7.16. The van der Waals surface area contributed by atoms with Gasteiger partial charge in [0, 0.05) is 25.3 Å². The van der Waals surface area contributed by atoms with Crippen LogP contribution in [-0.2, 0) is 25.7 Å². The number of carbonyl (C=O) groups is 3. The van der Waals surface area contributed by atoms with E-state index >= 15 is 0 Å². The molecule has 0 radical (unpaired) electrons. The minimum Gasteiger partial charge on any atom is -0.478 e. The van der Waals surface area contributed by atoms with Gasteiger partial charge in [-0.05, 0) is 37.8 Å². The molecule has 0 aliphatic carbocycles. The first-order chi connectivity index (χ1) is 14.0. The number of hydrogen-bond acceptors (Lipinski definition) is 8. The first-order valence-corrected chi connectivity index (χ1v) is 9.79. The van der Waals surface area contributed by atoms with Crippen LogP contribution in [0.1, 0.15) is 19.4 Å². The first-order valence-electron chi connectivity index (χ1n) is 8.50. The van der Waals surface area contributed by atoms with Crippen molar-refractivity contribution in [2.45, 2.75) is 31.6 Å². The van der Waals surface area contributed by atoms with Crippen molar-refractivity contribution in [3.8, 4) is 0 Å². The topological polar surface area (TPSA) is 157 Å². The van der Waals surface area contributed by atoms with E-state index in [4.69, 9.17) is 14.6 Å². The van der Waals surface area contributed by atoms with Crippen molar-refractivity contribution in [2.24, 2.45) is 0 Å². The fourth-order valence-corrected chi connectivity index (χ4v) is 3.08. The number of non-ortho nitro benzene ring substituents is 1. The normalized spacial score (nSPS) is 19.2. The van der Waals surface area contributed by atoms with E-state index in [1.807, 2.05) is 0 Å². The highest BCUT2D eigenvalue weighted by Gasteiger charge is 2.57. The Labute approximate surface area is 177 Å². The second kappa shape index (κ2) is 11.2. The molecule has 1 fully saturated rings. The maximum absolute atomic E-state index is 11.9. The Hall–Kier alpha value is -3.12. The van der Waals surface area contributed by atoms with E-state index in [2.05, 4.69) is 10.6 Å². The summed E-state index contributed by atoms with van der Waals surface area (Å²) >= 11 is 1.32. The number of carboxylic acids is 1. The average molecular weight is 441 g/mol. The molecule has 0 saturated carbocycles. The lowest BCUT2D eigenvalue weighted by Gasteiger charge is -2.45. The number of β-lactam (4-membered cyclic amide) rings is 1. The zero-order valence-electron chi connectivity index (χ0n) is 16.8. The number of thioether (sulfide) groups is 1. The number of allylic oxidation sites excluding steroid dienone is 1. The number of benzene rings is 1. The zero-order valence-corrected chi connectivity index (χ0v) is 17.6. The van der Waals surface area contributed by atoms with Crippen molar-refractivity contribution in [3.05, 3.63) is 51.6 Å². The monoisotopic (exact) mass is 441 g/mol. The molecule has 1 saturated heterocycles. The van der Waals surface area contributed by atoms with Crippen LogP contribution in [0.15, 0.2) is 35.9 Å². The number of alkyl carbamates (subject to hydrolysis) is 1. The van der Waals surface area contributed by atoms with E-state index < -0.39 is 34.0 Å². The van der Waals surface area contributed by atoms with E-state index in [-0.39, 0.29) is 12.3 Å². The minimum absolute atomic E-state index is 0.0505. The highest BCUT2D eigenvalue weighted by atomic mass is 32.2. The Morgan fingerprint density at radius 2 is 1.97 bits per heavy atom. The number of amides is 2. The predicted molar refractivity (Wildman–Crippen MR) is 109 cm³/mol. The molecule has 1 aliphatic rings. The highest BCUT2D eigenvalue weighted by Crippen LogP contribution is 2.29. The molecule has 2 amide bonds. The molecule has 0 aromatic heterocycles. The number of ether oxygens (including phenoxy) is 2. The van der Waals surface area contributed by atoms with Crippen LogP contribution in [0.25, 0.3) is 0 Å². The molecule has 0 spiro atoms. The van der Waals surface area contributed by atoms with Gasteiger partial charge in [-0.25, -0.2) is 9.59 Å². The smallest absolute Gasteiger partial charge is 0.410 e. The summed E-state index contributed by atoms with van der Waals surface area (Å²) in [5.74, 6) is -1.33. The average Bonchev–Trinajstić information content (AvgIpc) is 2.68. The van der Waals surface area contributed by atoms with Crippen LogP contribution in [0.4, 0.5) is 10.5 Å². The Balaban J connectivity index is 0.000000553. The molecule has 2 atom stereocenters. The number of carboxylic acid groups (broad SMARTS) is 1. The number of rotatable bonds is 7. The summed E-state index contributed by atoms with van der Waals surface area (Å²) in [4.78, 5) is 43.3. The van der Waals surface area contributed by atoms with Gasteiger partial charge in [-0.15, -0.1) is 11.8 Å². The van der Waals surface area contributed by atoms with Crippen LogP contribution in [-0.4, -0.2) is 52.5 Å². The van der Waals surface area contributed by atoms with Gasteiger partial charge < -0.3 is 19.9 Å². The quantitative estimate of drug-likeness (QED) is 0.189. The Morgan fingerprint density at radius 3 is 2.33 bits per heavy atom. The van der Waals surface area contributed by atoms with Crippen LogP contribution in [0.5, 0.6) is 0 Å². The molecule has 12 heteroatoms. The molecule has 1 heterocycles. The van der Waals surface area contributed by atoms with Gasteiger partial charge in [0.2, 0.25) is 0 Å². The van der Waals surface area contributed by atoms with Gasteiger partial charge >= 0.3 is 12.1 Å². The third kappa shape index (κ3) is 6.74. The molecule has 1 aromatic rings. The summed E-state index contributed by atoms with van der Waals surface area (Å²) in [7, 11) is 1.32. The second-order valence-electron chi connectivity index (χ2n) is 6.21. The standard InChI is InChI=1S/C13H15N3O6S.C5H8O2/c1-21-13(10(17)14-11(13)23-2)15-12(18)22-7-8-3-5-9(6-4-8)16(19)20;1-4(2)3-5(6)7/h3-6,11H,7H2,1-2H3,(H,14,17)(H,15,18);3H,1-2H3,(H,6,7)/t11-,13-;/m0./s1. The number of methoxy groups -OCH3 is 1. The van der Waals surface area contributed by atoms with Crippen LogP contribution in [0.2, 0.25) is 0 Å². The summed E-state index contributed by atoms with van der Waals surface area (Å²) in [6.07, 6.45) is 2.11. The fraction of sp³-hybridized carbons (Fsp3) is 0.389. The summed E-state index contributed by atoms with van der Waals surface area (Å²) < 4.78 is 10.1. The lowest BCUT2D eigenvalue weighted by Crippen LogP contribution is -2.79. The molecule has 11 nitrogen and oxygen atoms in total. The fourth-order valence-electron chi connectivity index (χ4n) is 2.26. The van der Waals surface area contributed by atoms with Crippen molar-refractivity contribution in [3.63, 3.8) is 0 Å². The lowest BCUT2D eigenvalue weighted by molar-refractivity contribution is -0.384. The molecule has 1 aromatic carbocycles. The van der Waals surface area contributed by atoms with Crippen LogP contribution >= 0.6 is 11.8 Å². The van der Waals surface area contributed by atoms with E-state index in [0.29, 0.717) is 5.56 Å². The van der Waals surface area contributed by atoms with Gasteiger partial charge in [0.15, 0.2) is 0 Å². The van der Waals surface area contributed by atoms with E-state index in [1.54, 1.807) is 20.1 Å². The Morgan fingerprint density at radius 1 is 1.37 bits per heavy atom. The van der Waals surface area contributed by atoms with Gasteiger partial charge in [-0.3, -0.25) is 20.2 Å². The van der Waals surface area contributed by atoms with E-state index in [9.17, 15) is 24.5 Å². The van der Waals surface area contributed by atoms with Crippen LogP contribution in [0, 0.1) is 10.1 Å². The third-order valence-electron chi connectivity index (χ3n) is 3.74. The number of hydrogen-bond donors (Lipinski definition) is 3. The summed E-state index contributed by atoms with van der Waals surface area (Å²) in [5.41, 5.74) is -0.110. The van der Waals surface area contributed by atoms with Crippen LogP contribution < -0.4 is 10.6 Å². The van der Waals surface area contributed by atoms with Crippen molar-refractivity contribution in [1.29, 1.82) is 0 Å². The molecular weight excluding hydrogens is 418 g/mol. The minimum atomic E-state index is -1.45. The number of carbonyl (C=O) groups excluding carboxylic acids is 2. The molecule has 3 N–H and O–H groups in total. The predicted octanol–water partition coefficient (Wildman–Crippen LogP) is 2.02. The van der Waals surface area contributed by atoms with Gasteiger partial charge in [0.25, 0.3) is 17.3 Å². The van der Waals surface area contributed by atoms with Gasteiger partial charge in [-0.1, -0.05) is 5.57 Å². The number of aliphatic carboxylic acids is 1. The van der Waals surface area contributed by atoms with Crippen LogP contribution in [0.3, 0.4) is 0 Å². The maximum atomic E-state index is 11.9. The molecule has 1 aliphatic heterocycles. The largest absolute Gasteiger partial charge is 0.478 e. The maximum Gasteiger partial charge on any atom is 0.410 e. The van der Waals surface area contributed by atoms with Crippen molar-refractivity contribution >= 4 is 35.4 Å². The molecular formula is C18H23N3O8S. The highest BCUT2D eigenvalue weighted by molar-refractivity contribution is 7.99. The van der Waals surface area contributed by atoms with Crippen molar-refractivity contribution < 1.29 is 33.9 Å². The summed E-state index contributed by atoms with van der Waals surface area (Å²) in [5, 5.41) is 23.2. The number of nitro benzene ring substituents is 1. The molecule has 164 valence electrons. The molecule has 2 rings (SSSR count).